The highest BCUT2D eigenvalue weighted by Gasteiger charge is 2.10. The Bertz CT molecular complexity index is 877. The normalized spacial score (nSPS) is 10.6. The zero-order chi connectivity index (χ0) is 17.6. The molecule has 0 unspecified atom stereocenters. The number of rotatable bonds is 6. The monoisotopic (exact) mass is 358 g/mol. The lowest BCUT2D eigenvalue weighted by Crippen LogP contribution is -2.21. The predicted molar refractivity (Wildman–Crippen MR) is 93.9 cm³/mol. The van der Waals surface area contributed by atoms with E-state index in [2.05, 4.69) is 10.3 Å². The summed E-state index contributed by atoms with van der Waals surface area (Å²) >= 11 is 1.53. The van der Waals surface area contributed by atoms with Gasteiger partial charge in [-0.3, -0.25) is 9.59 Å². The predicted octanol–water partition coefficient (Wildman–Crippen LogP) is 3.55. The Hall–Kier alpha value is -2.80. The van der Waals surface area contributed by atoms with Crippen LogP contribution in [0.5, 0.6) is 0 Å². The lowest BCUT2D eigenvalue weighted by Gasteiger charge is -2.06. The van der Waals surface area contributed by atoms with Crippen LogP contribution in [-0.2, 0) is 20.7 Å². The number of benzene rings is 2. The number of aryl methyl sites for hydroxylation is 1. The molecule has 128 valence electrons. The molecule has 1 amide bonds. The second-order valence-corrected chi connectivity index (χ2v) is 6.41. The summed E-state index contributed by atoms with van der Waals surface area (Å²) in [6.45, 7) is -0.408. The van der Waals surface area contributed by atoms with Crippen molar-refractivity contribution in [1.82, 2.24) is 4.98 Å². The van der Waals surface area contributed by atoms with E-state index in [1.165, 1.54) is 29.5 Å². The number of thiazole rings is 1. The van der Waals surface area contributed by atoms with E-state index >= 15 is 0 Å². The zero-order valence-electron chi connectivity index (χ0n) is 13.2. The number of nitrogens with zero attached hydrogens (tertiary/aromatic N) is 1. The minimum absolute atomic E-state index is 0.146. The van der Waals surface area contributed by atoms with Gasteiger partial charge in [-0.25, -0.2) is 9.37 Å². The largest absolute Gasteiger partial charge is 0.456 e. The Kier molecular flexibility index (Phi) is 5.35. The summed E-state index contributed by atoms with van der Waals surface area (Å²) < 4.78 is 19.0. The summed E-state index contributed by atoms with van der Waals surface area (Å²) in [5.41, 5.74) is 1.22. The molecule has 25 heavy (non-hydrogen) atoms. The molecule has 5 nitrogen and oxygen atoms in total. The molecule has 2 aromatic carbocycles. The second kappa shape index (κ2) is 7.85. The van der Waals surface area contributed by atoms with Gasteiger partial charge in [-0.05, 0) is 30.3 Å². The first-order chi connectivity index (χ1) is 12.1. The molecule has 1 heterocycles. The molecule has 7 heteroatoms. The smallest absolute Gasteiger partial charge is 0.306 e. The highest BCUT2D eigenvalue weighted by Crippen LogP contribution is 2.22. The molecule has 0 saturated heterocycles. The number of nitrogens with one attached hydrogen (secondary N) is 1. The molecule has 0 bridgehead atoms. The maximum absolute atomic E-state index is 13.0. The third-order valence-corrected chi connectivity index (χ3v) is 4.45. The van der Waals surface area contributed by atoms with E-state index in [0.29, 0.717) is 12.1 Å². The number of anilines is 1. The number of ether oxygens (including phenoxy) is 1. The number of hydrogen-bond donors (Lipinski definition) is 1. The van der Waals surface area contributed by atoms with Crippen molar-refractivity contribution in [2.24, 2.45) is 0 Å². The number of hydrogen-bond acceptors (Lipinski definition) is 5. The van der Waals surface area contributed by atoms with Crippen LogP contribution >= 0.6 is 11.3 Å². The van der Waals surface area contributed by atoms with Crippen molar-refractivity contribution in [2.75, 3.05) is 11.9 Å². The standard InChI is InChI=1S/C18H15FN2O3S/c19-12-4-3-5-13(10-12)20-16(22)11-24-18(23)9-8-17-21-14-6-1-2-7-15(14)25-17/h1-7,10H,8-9,11H2,(H,20,22). The molecule has 1 N–H and O–H groups in total. The van der Waals surface area contributed by atoms with Crippen LogP contribution < -0.4 is 5.32 Å². The molecule has 3 rings (SSSR count). The van der Waals surface area contributed by atoms with Crippen LogP contribution in [0.1, 0.15) is 11.4 Å². The average Bonchev–Trinajstić information content (AvgIpc) is 3.01. The van der Waals surface area contributed by atoms with Gasteiger partial charge in [0.25, 0.3) is 5.91 Å². The fourth-order valence-corrected chi connectivity index (χ4v) is 3.18. The SMILES string of the molecule is O=C(COC(=O)CCc1nc2ccccc2s1)Nc1cccc(F)c1. The summed E-state index contributed by atoms with van der Waals surface area (Å²) in [7, 11) is 0. The Morgan fingerprint density at radius 3 is 2.80 bits per heavy atom. The first kappa shape index (κ1) is 17.0. The minimum Gasteiger partial charge on any atom is -0.456 e. The van der Waals surface area contributed by atoms with Gasteiger partial charge >= 0.3 is 5.97 Å². The van der Waals surface area contributed by atoms with Crippen molar-refractivity contribution < 1.29 is 18.7 Å². The van der Waals surface area contributed by atoms with Gasteiger partial charge in [0, 0.05) is 12.1 Å². The van der Waals surface area contributed by atoms with E-state index in [4.69, 9.17) is 4.74 Å². The van der Waals surface area contributed by atoms with Crippen LogP contribution in [0.15, 0.2) is 48.5 Å². The Labute approximate surface area is 147 Å². The van der Waals surface area contributed by atoms with Crippen LogP contribution in [0.25, 0.3) is 10.2 Å². The van der Waals surface area contributed by atoms with Crippen LogP contribution in [-0.4, -0.2) is 23.5 Å². The molecule has 0 aliphatic rings. The fraction of sp³-hybridized carbons (Fsp3) is 0.167. The molecule has 0 aliphatic heterocycles. The minimum atomic E-state index is -0.515. The van der Waals surface area contributed by atoms with Gasteiger partial charge in [0.2, 0.25) is 0 Å². The Morgan fingerprint density at radius 1 is 1.16 bits per heavy atom. The first-order valence-electron chi connectivity index (χ1n) is 7.65. The van der Waals surface area contributed by atoms with Gasteiger partial charge in [-0.2, -0.15) is 0 Å². The van der Waals surface area contributed by atoms with E-state index in [-0.39, 0.29) is 6.42 Å². The van der Waals surface area contributed by atoms with Gasteiger partial charge in [0.15, 0.2) is 6.61 Å². The van der Waals surface area contributed by atoms with Crippen molar-refractivity contribution in [3.63, 3.8) is 0 Å². The van der Waals surface area contributed by atoms with Crippen LogP contribution in [0.3, 0.4) is 0 Å². The van der Waals surface area contributed by atoms with E-state index in [1.54, 1.807) is 6.07 Å². The average molecular weight is 358 g/mol. The maximum atomic E-state index is 13.0. The fourth-order valence-electron chi connectivity index (χ4n) is 2.22. The van der Waals surface area contributed by atoms with Gasteiger partial charge in [0.05, 0.1) is 21.6 Å². The topological polar surface area (TPSA) is 68.3 Å². The molecule has 0 fully saturated rings. The molecule has 0 spiro atoms. The number of aromatic nitrogens is 1. The third kappa shape index (κ3) is 4.84. The van der Waals surface area contributed by atoms with Crippen LogP contribution in [0, 0.1) is 5.82 Å². The number of amides is 1. The summed E-state index contributed by atoms with van der Waals surface area (Å²) in [5, 5.41) is 3.31. The van der Waals surface area contributed by atoms with Crippen molar-refractivity contribution in [3.05, 3.63) is 59.4 Å². The van der Waals surface area contributed by atoms with Gasteiger partial charge < -0.3 is 10.1 Å². The summed E-state index contributed by atoms with van der Waals surface area (Å²) in [4.78, 5) is 27.9. The lowest BCUT2D eigenvalue weighted by molar-refractivity contribution is -0.147. The second-order valence-electron chi connectivity index (χ2n) is 5.29. The molecular formula is C18H15FN2O3S. The van der Waals surface area contributed by atoms with E-state index in [9.17, 15) is 14.0 Å². The first-order valence-corrected chi connectivity index (χ1v) is 8.47. The van der Waals surface area contributed by atoms with E-state index in [1.807, 2.05) is 24.3 Å². The number of esters is 1. The lowest BCUT2D eigenvalue weighted by atomic mass is 10.3. The number of carbonyl (C=O) groups excluding carboxylic acids is 2. The van der Waals surface area contributed by atoms with Crippen LogP contribution in [0.2, 0.25) is 0 Å². The zero-order valence-corrected chi connectivity index (χ0v) is 14.0. The maximum Gasteiger partial charge on any atom is 0.306 e. The van der Waals surface area contributed by atoms with E-state index in [0.717, 1.165) is 15.2 Å². The number of halogens is 1. The quantitative estimate of drug-likeness (QED) is 0.684. The molecule has 3 aromatic rings. The van der Waals surface area contributed by atoms with Gasteiger partial charge in [0.1, 0.15) is 5.82 Å². The van der Waals surface area contributed by atoms with Gasteiger partial charge in [-0.15, -0.1) is 11.3 Å². The molecule has 0 atom stereocenters. The van der Waals surface area contributed by atoms with Crippen LogP contribution in [0.4, 0.5) is 10.1 Å². The molecule has 0 radical (unpaired) electrons. The highest BCUT2D eigenvalue weighted by molar-refractivity contribution is 7.18. The molecular weight excluding hydrogens is 343 g/mol. The summed E-state index contributed by atoms with van der Waals surface area (Å²) in [6, 6.07) is 13.2. The van der Waals surface area contributed by atoms with Gasteiger partial charge in [-0.1, -0.05) is 18.2 Å². The highest BCUT2D eigenvalue weighted by atomic mass is 32.1. The summed E-state index contributed by atoms with van der Waals surface area (Å²) in [6.07, 6.45) is 0.608. The molecule has 1 aromatic heterocycles. The summed E-state index contributed by atoms with van der Waals surface area (Å²) in [5.74, 6) is -1.45. The van der Waals surface area contributed by atoms with E-state index < -0.39 is 24.3 Å². The number of para-hydroxylation sites is 1. The molecule has 0 saturated carbocycles. The molecule has 0 aliphatic carbocycles. The van der Waals surface area contributed by atoms with Crippen molar-refractivity contribution in [3.8, 4) is 0 Å². The van der Waals surface area contributed by atoms with Crippen molar-refractivity contribution in [1.29, 1.82) is 0 Å². The Balaban J connectivity index is 1.43. The van der Waals surface area contributed by atoms with Crippen molar-refractivity contribution in [2.45, 2.75) is 12.8 Å². The number of carbonyl (C=O) groups is 2. The number of fused-ring (bicyclic) bond motifs is 1. The third-order valence-electron chi connectivity index (χ3n) is 3.35. The van der Waals surface area contributed by atoms with Crippen molar-refractivity contribution >= 4 is 39.1 Å². The Morgan fingerprint density at radius 2 is 2.00 bits per heavy atom.